The fourth-order valence-corrected chi connectivity index (χ4v) is 3.13. The minimum atomic E-state index is -0.0188. The summed E-state index contributed by atoms with van der Waals surface area (Å²) in [5.74, 6) is 1.29. The minimum Gasteiger partial charge on any atom is -0.493 e. The summed E-state index contributed by atoms with van der Waals surface area (Å²) in [5.41, 5.74) is 2.74. The molecular weight excluding hydrogens is 340 g/mol. The highest BCUT2D eigenvalue weighted by Crippen LogP contribution is 2.28. The number of hydrogen-bond acceptors (Lipinski definition) is 5. The first-order valence-corrected chi connectivity index (χ1v) is 9.08. The first-order valence-electron chi connectivity index (χ1n) is 9.08. The average molecular weight is 366 g/mol. The highest BCUT2D eigenvalue weighted by atomic mass is 16.5. The summed E-state index contributed by atoms with van der Waals surface area (Å²) in [6, 6.07) is 13.4. The van der Waals surface area contributed by atoms with E-state index in [-0.39, 0.29) is 5.78 Å². The van der Waals surface area contributed by atoms with E-state index in [1.807, 2.05) is 42.5 Å². The Morgan fingerprint density at radius 2 is 1.59 bits per heavy atom. The van der Waals surface area contributed by atoms with Gasteiger partial charge in [-0.2, -0.15) is 0 Å². The van der Waals surface area contributed by atoms with E-state index in [1.54, 1.807) is 26.4 Å². The van der Waals surface area contributed by atoms with Crippen LogP contribution in [0.15, 0.2) is 48.5 Å². The zero-order valence-electron chi connectivity index (χ0n) is 16.1. The Labute approximate surface area is 160 Å². The molecule has 2 aromatic carbocycles. The summed E-state index contributed by atoms with van der Waals surface area (Å²) < 4.78 is 10.5. The topological polar surface area (TPSA) is 42.0 Å². The number of carbonyl (C=O) groups is 1. The van der Waals surface area contributed by atoms with Crippen LogP contribution in [0, 0.1) is 0 Å². The molecule has 27 heavy (non-hydrogen) atoms. The lowest BCUT2D eigenvalue weighted by Gasteiger charge is -2.34. The molecule has 142 valence electrons. The van der Waals surface area contributed by atoms with Crippen LogP contribution in [0.5, 0.6) is 11.5 Å². The van der Waals surface area contributed by atoms with Gasteiger partial charge in [0.25, 0.3) is 0 Å². The van der Waals surface area contributed by atoms with Crippen LogP contribution in [0.1, 0.15) is 15.9 Å². The maximum atomic E-state index is 12.5. The maximum Gasteiger partial charge on any atom is 0.185 e. The van der Waals surface area contributed by atoms with E-state index >= 15 is 0 Å². The van der Waals surface area contributed by atoms with Gasteiger partial charge in [0.1, 0.15) is 0 Å². The van der Waals surface area contributed by atoms with E-state index in [2.05, 4.69) is 16.8 Å². The van der Waals surface area contributed by atoms with Crippen LogP contribution in [0.3, 0.4) is 0 Å². The van der Waals surface area contributed by atoms with Crippen molar-refractivity contribution in [3.05, 3.63) is 59.7 Å². The number of piperazine rings is 1. The molecule has 2 aromatic rings. The van der Waals surface area contributed by atoms with Gasteiger partial charge in [-0.1, -0.05) is 12.1 Å². The van der Waals surface area contributed by atoms with Gasteiger partial charge in [0.15, 0.2) is 17.3 Å². The van der Waals surface area contributed by atoms with Gasteiger partial charge in [-0.25, -0.2) is 0 Å². The van der Waals surface area contributed by atoms with Crippen molar-refractivity contribution in [2.24, 2.45) is 0 Å². The van der Waals surface area contributed by atoms with Crippen LogP contribution in [-0.4, -0.2) is 58.1 Å². The number of ether oxygens (including phenoxy) is 2. The predicted molar refractivity (Wildman–Crippen MR) is 109 cm³/mol. The molecule has 5 nitrogen and oxygen atoms in total. The average Bonchev–Trinajstić information content (AvgIpc) is 2.72. The lowest BCUT2D eigenvalue weighted by atomic mass is 10.1. The van der Waals surface area contributed by atoms with E-state index in [1.165, 1.54) is 5.69 Å². The smallest absolute Gasteiger partial charge is 0.185 e. The maximum absolute atomic E-state index is 12.5. The van der Waals surface area contributed by atoms with E-state index in [0.717, 1.165) is 31.7 Å². The molecule has 0 atom stereocenters. The summed E-state index contributed by atoms with van der Waals surface area (Å²) in [6.45, 7) is 4.16. The summed E-state index contributed by atoms with van der Waals surface area (Å²) >= 11 is 0. The summed E-state index contributed by atoms with van der Waals surface area (Å²) in [5, 5.41) is 0. The quantitative estimate of drug-likeness (QED) is 0.579. The summed E-state index contributed by atoms with van der Waals surface area (Å²) in [6.07, 6.45) is 3.38. The van der Waals surface area contributed by atoms with Crippen molar-refractivity contribution in [2.75, 3.05) is 52.3 Å². The second-order valence-corrected chi connectivity index (χ2v) is 6.65. The van der Waals surface area contributed by atoms with Gasteiger partial charge < -0.3 is 19.3 Å². The Bertz CT molecular complexity index is 807. The number of allylic oxidation sites excluding steroid dienone is 1. The minimum absolute atomic E-state index is 0.0188. The molecular formula is C22H26N2O3. The standard InChI is InChI=1S/C22H26N2O3/c1-23-12-14-24(15-13-23)19-8-6-18(7-9-19)20(25)10-4-17-5-11-21(26-2)22(16-17)27-3/h4-11,16H,12-15H2,1-3H3/b10-4+. The van der Waals surface area contributed by atoms with Crippen LogP contribution >= 0.6 is 0 Å². The largest absolute Gasteiger partial charge is 0.493 e. The second kappa shape index (κ2) is 8.73. The lowest BCUT2D eigenvalue weighted by molar-refractivity contribution is 0.104. The summed E-state index contributed by atoms with van der Waals surface area (Å²) in [7, 11) is 5.34. The Morgan fingerprint density at radius 3 is 2.22 bits per heavy atom. The van der Waals surface area contributed by atoms with Crippen LogP contribution in [0.25, 0.3) is 6.08 Å². The lowest BCUT2D eigenvalue weighted by Crippen LogP contribution is -2.44. The molecule has 0 spiro atoms. The van der Waals surface area contributed by atoms with Crippen molar-refractivity contribution < 1.29 is 14.3 Å². The number of methoxy groups -OCH3 is 2. The third-order valence-corrected chi connectivity index (χ3v) is 4.86. The number of anilines is 1. The van der Waals surface area contributed by atoms with Crippen molar-refractivity contribution in [3.8, 4) is 11.5 Å². The monoisotopic (exact) mass is 366 g/mol. The van der Waals surface area contributed by atoms with E-state index < -0.39 is 0 Å². The van der Waals surface area contributed by atoms with Gasteiger partial charge in [0.05, 0.1) is 14.2 Å². The number of ketones is 1. The summed E-state index contributed by atoms with van der Waals surface area (Å²) in [4.78, 5) is 17.1. The zero-order valence-corrected chi connectivity index (χ0v) is 16.1. The normalized spacial score (nSPS) is 15.1. The molecule has 0 bridgehead atoms. The highest BCUT2D eigenvalue weighted by molar-refractivity contribution is 6.07. The molecule has 1 saturated heterocycles. The Morgan fingerprint density at radius 1 is 0.926 bits per heavy atom. The Hall–Kier alpha value is -2.79. The van der Waals surface area contributed by atoms with Gasteiger partial charge in [-0.05, 0) is 55.1 Å². The number of likely N-dealkylation sites (N-methyl/N-ethyl adjacent to an activating group) is 1. The van der Waals surface area contributed by atoms with Crippen molar-refractivity contribution in [3.63, 3.8) is 0 Å². The number of nitrogens with zero attached hydrogens (tertiary/aromatic N) is 2. The first-order chi connectivity index (χ1) is 13.1. The van der Waals surface area contributed by atoms with Crippen molar-refractivity contribution >= 4 is 17.5 Å². The van der Waals surface area contributed by atoms with Crippen LogP contribution in [0.2, 0.25) is 0 Å². The van der Waals surface area contributed by atoms with Gasteiger partial charge >= 0.3 is 0 Å². The molecule has 1 heterocycles. The van der Waals surface area contributed by atoms with Gasteiger partial charge in [-0.15, -0.1) is 0 Å². The Balaban J connectivity index is 1.66. The zero-order chi connectivity index (χ0) is 19.2. The third-order valence-electron chi connectivity index (χ3n) is 4.86. The van der Waals surface area contributed by atoms with Gasteiger partial charge in [0.2, 0.25) is 0 Å². The number of carbonyl (C=O) groups excluding carboxylic acids is 1. The van der Waals surface area contributed by atoms with Gasteiger partial charge in [0, 0.05) is 37.4 Å². The molecule has 1 aliphatic rings. The molecule has 0 aliphatic carbocycles. The molecule has 0 saturated carbocycles. The molecule has 0 unspecified atom stereocenters. The Kier molecular flexibility index (Phi) is 6.14. The third kappa shape index (κ3) is 4.68. The van der Waals surface area contributed by atoms with Crippen LogP contribution in [0.4, 0.5) is 5.69 Å². The van der Waals surface area contributed by atoms with Crippen molar-refractivity contribution in [2.45, 2.75) is 0 Å². The van der Waals surface area contributed by atoms with Crippen molar-refractivity contribution in [1.29, 1.82) is 0 Å². The molecule has 5 heteroatoms. The van der Waals surface area contributed by atoms with Crippen LogP contribution < -0.4 is 14.4 Å². The number of hydrogen-bond donors (Lipinski definition) is 0. The first kappa shape index (κ1) is 19.0. The second-order valence-electron chi connectivity index (χ2n) is 6.65. The molecule has 0 radical (unpaired) electrons. The fraction of sp³-hybridized carbons (Fsp3) is 0.318. The van der Waals surface area contributed by atoms with E-state index in [9.17, 15) is 4.79 Å². The van der Waals surface area contributed by atoms with Crippen molar-refractivity contribution in [1.82, 2.24) is 4.90 Å². The number of rotatable bonds is 6. The number of benzene rings is 2. The molecule has 1 fully saturated rings. The molecule has 0 aromatic heterocycles. The van der Waals surface area contributed by atoms with Crippen LogP contribution in [-0.2, 0) is 0 Å². The predicted octanol–water partition coefficient (Wildman–Crippen LogP) is 3.35. The fourth-order valence-electron chi connectivity index (χ4n) is 3.13. The molecule has 1 aliphatic heterocycles. The molecule has 3 rings (SSSR count). The SMILES string of the molecule is COc1ccc(/C=C/C(=O)c2ccc(N3CCN(C)CC3)cc2)cc1OC. The van der Waals surface area contributed by atoms with E-state index in [4.69, 9.17) is 9.47 Å². The highest BCUT2D eigenvalue weighted by Gasteiger charge is 2.14. The van der Waals surface area contributed by atoms with Gasteiger partial charge in [-0.3, -0.25) is 4.79 Å². The molecule has 0 amide bonds. The van der Waals surface area contributed by atoms with E-state index in [0.29, 0.717) is 17.1 Å². The molecule has 0 N–H and O–H groups in total.